The molecule has 5 nitrogen and oxygen atoms in total. The molecule has 0 bridgehead atoms. The van der Waals surface area contributed by atoms with Gasteiger partial charge in [-0.2, -0.15) is 8.78 Å². The molecular weight excluding hydrogens is 366 g/mol. The van der Waals surface area contributed by atoms with E-state index in [1.165, 1.54) is 0 Å². The van der Waals surface area contributed by atoms with Gasteiger partial charge in [0.15, 0.2) is 6.61 Å². The highest BCUT2D eigenvalue weighted by Gasteiger charge is 2.26. The molecule has 0 aliphatic rings. The van der Waals surface area contributed by atoms with E-state index in [2.05, 4.69) is 0 Å². The molecular formula is C18H16F2O5S. The van der Waals surface area contributed by atoms with Crippen molar-refractivity contribution in [1.29, 1.82) is 0 Å². The number of sulfone groups is 1. The fraction of sp³-hybridized carbons (Fsp3) is 0.222. The van der Waals surface area contributed by atoms with E-state index in [-0.39, 0.29) is 11.3 Å². The van der Waals surface area contributed by atoms with E-state index in [4.69, 9.17) is 4.74 Å². The lowest BCUT2D eigenvalue weighted by atomic mass is 10.0. The van der Waals surface area contributed by atoms with E-state index in [9.17, 15) is 26.8 Å². The summed E-state index contributed by atoms with van der Waals surface area (Å²) in [6.07, 6.45) is 0. The smallest absolute Gasteiger partial charge is 0.341 e. The molecule has 0 N–H and O–H groups in total. The maximum absolute atomic E-state index is 12.5. The summed E-state index contributed by atoms with van der Waals surface area (Å²) >= 11 is 0. The van der Waals surface area contributed by atoms with Gasteiger partial charge in [0.05, 0.1) is 10.5 Å². The Morgan fingerprint density at radius 2 is 1.65 bits per heavy atom. The number of ketones is 1. The molecule has 8 heteroatoms. The number of rotatable bonds is 6. The number of aryl methyl sites for hydroxylation is 2. The molecule has 0 aliphatic carbocycles. The van der Waals surface area contributed by atoms with Gasteiger partial charge in [-0.1, -0.05) is 17.7 Å². The SMILES string of the molecule is Cc1ccc(C)c(C(=O)COC(=O)c2ccc(S(=O)(=O)C(F)F)cc2)c1. The lowest BCUT2D eigenvalue weighted by molar-refractivity contribution is 0.0474. The monoisotopic (exact) mass is 382 g/mol. The molecule has 0 saturated carbocycles. The summed E-state index contributed by atoms with van der Waals surface area (Å²) in [6, 6.07) is 9.23. The van der Waals surface area contributed by atoms with Gasteiger partial charge in [-0.05, 0) is 49.7 Å². The van der Waals surface area contributed by atoms with Crippen LogP contribution in [0.1, 0.15) is 31.8 Å². The number of hydrogen-bond acceptors (Lipinski definition) is 5. The Morgan fingerprint density at radius 1 is 1.04 bits per heavy atom. The summed E-state index contributed by atoms with van der Waals surface area (Å²) in [5, 5.41) is 0. The minimum atomic E-state index is -4.73. The summed E-state index contributed by atoms with van der Waals surface area (Å²) in [4.78, 5) is 23.5. The Kier molecular flexibility index (Phi) is 5.86. The first-order valence-corrected chi connectivity index (χ1v) is 9.07. The van der Waals surface area contributed by atoms with Crippen LogP contribution in [-0.4, -0.2) is 32.5 Å². The van der Waals surface area contributed by atoms with Gasteiger partial charge in [0, 0.05) is 5.56 Å². The van der Waals surface area contributed by atoms with Crippen molar-refractivity contribution < 1.29 is 31.5 Å². The number of carbonyl (C=O) groups excluding carboxylic acids is 2. The molecule has 0 aliphatic heterocycles. The molecule has 0 fully saturated rings. The highest BCUT2D eigenvalue weighted by Crippen LogP contribution is 2.19. The van der Waals surface area contributed by atoms with Crippen LogP contribution in [0.5, 0.6) is 0 Å². The third-order valence-corrected chi connectivity index (χ3v) is 5.08. The van der Waals surface area contributed by atoms with Gasteiger partial charge in [-0.3, -0.25) is 4.79 Å². The molecule has 0 spiro atoms. The molecule has 0 heterocycles. The third kappa shape index (κ3) is 4.32. The summed E-state index contributed by atoms with van der Waals surface area (Å²) in [5.74, 6) is -4.78. The van der Waals surface area contributed by atoms with Crippen LogP contribution in [0.2, 0.25) is 0 Å². The maximum atomic E-state index is 12.5. The van der Waals surface area contributed by atoms with E-state index in [0.717, 1.165) is 35.4 Å². The number of ether oxygens (including phenoxy) is 1. The average Bonchev–Trinajstić information content (AvgIpc) is 2.61. The first kappa shape index (κ1) is 19.7. The second kappa shape index (κ2) is 7.74. The highest BCUT2D eigenvalue weighted by molar-refractivity contribution is 7.91. The number of alkyl halides is 2. The molecule has 0 aromatic heterocycles. The first-order valence-electron chi connectivity index (χ1n) is 7.52. The number of halogens is 2. The largest absolute Gasteiger partial charge is 0.454 e. The molecule has 0 amide bonds. The summed E-state index contributed by atoms with van der Waals surface area (Å²) in [7, 11) is -4.73. The zero-order valence-corrected chi connectivity index (χ0v) is 14.8. The van der Waals surface area contributed by atoms with Crippen molar-refractivity contribution in [2.75, 3.05) is 6.61 Å². The van der Waals surface area contributed by atoms with Crippen molar-refractivity contribution in [3.05, 3.63) is 64.7 Å². The van der Waals surface area contributed by atoms with Crippen molar-refractivity contribution in [3.63, 3.8) is 0 Å². The first-order chi connectivity index (χ1) is 12.1. The Hall–Kier alpha value is -2.61. The van der Waals surface area contributed by atoms with E-state index < -0.39 is 33.1 Å². The van der Waals surface area contributed by atoms with E-state index >= 15 is 0 Å². The van der Waals surface area contributed by atoms with Crippen molar-refractivity contribution in [1.82, 2.24) is 0 Å². The lowest BCUT2D eigenvalue weighted by Gasteiger charge is -2.08. The number of Topliss-reactive ketones (excluding diaryl/α,β-unsaturated/α-hetero) is 1. The topological polar surface area (TPSA) is 77.5 Å². The van der Waals surface area contributed by atoms with E-state index in [1.54, 1.807) is 19.1 Å². The zero-order valence-electron chi connectivity index (χ0n) is 14.0. The Labute approximate surface area is 149 Å². The second-order valence-corrected chi connectivity index (χ2v) is 7.57. The van der Waals surface area contributed by atoms with Gasteiger partial charge in [-0.15, -0.1) is 0 Å². The maximum Gasteiger partial charge on any atom is 0.341 e. The van der Waals surface area contributed by atoms with Gasteiger partial charge >= 0.3 is 11.7 Å². The quantitative estimate of drug-likeness (QED) is 0.566. The number of benzene rings is 2. The zero-order chi connectivity index (χ0) is 19.5. The van der Waals surface area contributed by atoms with Crippen molar-refractivity contribution in [2.45, 2.75) is 24.5 Å². The molecule has 0 atom stereocenters. The van der Waals surface area contributed by atoms with Gasteiger partial charge in [0.2, 0.25) is 15.6 Å². The van der Waals surface area contributed by atoms with Crippen molar-refractivity contribution in [2.24, 2.45) is 0 Å². The Morgan fingerprint density at radius 3 is 2.23 bits per heavy atom. The van der Waals surface area contributed by atoms with Crippen LogP contribution in [0.15, 0.2) is 47.4 Å². The third-order valence-electron chi connectivity index (χ3n) is 3.68. The normalized spacial score (nSPS) is 11.4. The fourth-order valence-electron chi connectivity index (χ4n) is 2.21. The predicted octanol–water partition coefficient (Wildman–Crippen LogP) is 3.34. The van der Waals surface area contributed by atoms with Crippen LogP contribution in [0.25, 0.3) is 0 Å². The van der Waals surface area contributed by atoms with E-state index in [0.29, 0.717) is 5.56 Å². The molecule has 0 saturated heterocycles. The van der Waals surface area contributed by atoms with Gasteiger partial charge in [0.25, 0.3) is 0 Å². The highest BCUT2D eigenvalue weighted by atomic mass is 32.2. The number of hydrogen-bond donors (Lipinski definition) is 0. The van der Waals surface area contributed by atoms with Crippen LogP contribution in [-0.2, 0) is 14.6 Å². The predicted molar refractivity (Wildman–Crippen MR) is 90.2 cm³/mol. The molecule has 2 aromatic carbocycles. The van der Waals surface area contributed by atoms with Crippen LogP contribution < -0.4 is 0 Å². The summed E-state index contributed by atoms with van der Waals surface area (Å²) in [6.45, 7) is 3.11. The minimum absolute atomic E-state index is 0.0491. The summed E-state index contributed by atoms with van der Waals surface area (Å²) < 4.78 is 52.5. The van der Waals surface area contributed by atoms with Gasteiger partial charge in [0.1, 0.15) is 0 Å². The van der Waals surface area contributed by atoms with Crippen LogP contribution >= 0.6 is 0 Å². The molecule has 0 radical (unpaired) electrons. The molecule has 2 aromatic rings. The van der Waals surface area contributed by atoms with Crippen LogP contribution in [0, 0.1) is 13.8 Å². The van der Waals surface area contributed by atoms with Crippen LogP contribution in [0.3, 0.4) is 0 Å². The van der Waals surface area contributed by atoms with Gasteiger partial charge in [-0.25, -0.2) is 13.2 Å². The van der Waals surface area contributed by atoms with Crippen molar-refractivity contribution in [3.8, 4) is 0 Å². The van der Waals surface area contributed by atoms with Gasteiger partial charge < -0.3 is 4.74 Å². The number of carbonyl (C=O) groups is 2. The second-order valence-electron chi connectivity index (χ2n) is 5.65. The minimum Gasteiger partial charge on any atom is -0.454 e. The van der Waals surface area contributed by atoms with Crippen LogP contribution in [0.4, 0.5) is 8.78 Å². The molecule has 138 valence electrons. The fourth-order valence-corrected chi connectivity index (χ4v) is 2.93. The molecule has 0 unspecified atom stereocenters. The Balaban J connectivity index is 2.06. The number of esters is 1. The standard InChI is InChI=1S/C18H16F2O5S/c1-11-3-4-12(2)15(9-11)16(21)10-25-17(22)13-5-7-14(8-6-13)26(23,24)18(19)20/h3-9,18H,10H2,1-2H3. The lowest BCUT2D eigenvalue weighted by Crippen LogP contribution is -2.16. The summed E-state index contributed by atoms with van der Waals surface area (Å²) in [5.41, 5.74) is 2.03. The molecule has 26 heavy (non-hydrogen) atoms. The van der Waals surface area contributed by atoms with E-state index in [1.807, 2.05) is 13.0 Å². The Bertz CT molecular complexity index is 935. The average molecular weight is 382 g/mol. The van der Waals surface area contributed by atoms with Crippen molar-refractivity contribution >= 4 is 21.6 Å². The molecule has 2 rings (SSSR count).